The van der Waals surface area contributed by atoms with Gasteiger partial charge in [-0.05, 0) is 11.7 Å². The smallest absolute Gasteiger partial charge is 0.271 e. The highest BCUT2D eigenvalue weighted by Crippen LogP contribution is 2.09. The Balaban J connectivity index is 2.64. The molecule has 3 nitrogen and oxygen atoms in total. The Bertz CT molecular complexity index is 242. The molecule has 0 radical (unpaired) electrons. The predicted molar refractivity (Wildman–Crippen MR) is 51.8 cm³/mol. The molecule has 0 unspecified atom stereocenters. The molecule has 0 spiro atoms. The molecule has 0 saturated carbocycles. The topological polar surface area (TPSA) is 30.7 Å². The first-order chi connectivity index (χ1) is 5.59. The van der Waals surface area contributed by atoms with Crippen LogP contribution in [0.1, 0.15) is 39.3 Å². The van der Waals surface area contributed by atoms with Crippen LogP contribution in [-0.4, -0.2) is 22.3 Å². The quantitative estimate of drug-likeness (QED) is 0.634. The second kappa shape index (κ2) is 3.74. The van der Waals surface area contributed by atoms with Crippen molar-refractivity contribution < 1.29 is 0 Å². The Kier molecular flexibility index (Phi) is 2.90. The van der Waals surface area contributed by atoms with Crippen LogP contribution >= 0.6 is 0 Å². The second-order valence-electron chi connectivity index (χ2n) is 3.91. The first-order valence-corrected chi connectivity index (χ1v) is 4.49. The van der Waals surface area contributed by atoms with Crippen LogP contribution in [0.5, 0.6) is 0 Å². The molecule has 0 aliphatic carbocycles. The van der Waals surface area contributed by atoms with Gasteiger partial charge in [0.05, 0.1) is 5.69 Å². The van der Waals surface area contributed by atoms with Crippen molar-refractivity contribution >= 4 is 7.41 Å². The molecule has 0 fully saturated rings. The molecular formula is C8H16BN3. The van der Waals surface area contributed by atoms with E-state index in [4.69, 9.17) is 0 Å². The molecule has 12 heavy (non-hydrogen) atoms. The van der Waals surface area contributed by atoms with Crippen LogP contribution in [0.15, 0.2) is 6.20 Å². The highest BCUT2D eigenvalue weighted by atomic mass is 15.4. The second-order valence-corrected chi connectivity index (χ2v) is 3.91. The zero-order valence-electron chi connectivity index (χ0n) is 8.28. The van der Waals surface area contributed by atoms with E-state index >= 15 is 0 Å². The predicted octanol–water partition coefficient (Wildman–Crippen LogP) is 1.43. The van der Waals surface area contributed by atoms with Gasteiger partial charge in [-0.1, -0.05) is 32.9 Å². The molecule has 0 bridgehead atoms. The largest absolute Gasteiger partial charge is 0.302 e. The zero-order valence-corrected chi connectivity index (χ0v) is 8.28. The summed E-state index contributed by atoms with van der Waals surface area (Å²) in [7, 11) is 0.958. The number of aromatic nitrogens is 3. The lowest BCUT2D eigenvalue weighted by Crippen LogP contribution is -2.09. The van der Waals surface area contributed by atoms with E-state index in [2.05, 4.69) is 38.0 Å². The van der Waals surface area contributed by atoms with Crippen LogP contribution in [0.4, 0.5) is 0 Å². The Hall–Kier alpha value is -0.795. The van der Waals surface area contributed by atoms with Gasteiger partial charge in [-0.2, -0.15) is 0 Å². The van der Waals surface area contributed by atoms with Gasteiger partial charge in [0.2, 0.25) is 0 Å². The molecule has 0 saturated heterocycles. The molecule has 0 aliphatic rings. The summed E-state index contributed by atoms with van der Waals surface area (Å²) >= 11 is 0. The van der Waals surface area contributed by atoms with Gasteiger partial charge in [-0.3, -0.25) is 0 Å². The van der Waals surface area contributed by atoms with Gasteiger partial charge in [0, 0.05) is 6.20 Å². The van der Waals surface area contributed by atoms with Crippen molar-refractivity contribution in [2.45, 2.75) is 39.4 Å². The maximum atomic E-state index is 4.08. The summed E-state index contributed by atoms with van der Waals surface area (Å²) in [6.45, 7) is 8.61. The summed E-state index contributed by atoms with van der Waals surface area (Å²) in [5.74, 6) is 1.11. The number of nitrogens with zero attached hydrogens (tertiary/aromatic N) is 3. The van der Waals surface area contributed by atoms with E-state index in [1.54, 1.807) is 0 Å². The molecule has 1 aromatic rings. The van der Waals surface area contributed by atoms with Crippen LogP contribution in [0.25, 0.3) is 0 Å². The summed E-state index contributed by atoms with van der Waals surface area (Å²) in [6.07, 6.45) is 2.03. The van der Waals surface area contributed by atoms with Gasteiger partial charge < -0.3 is 4.59 Å². The molecule has 0 amide bonds. The standard InChI is InChI=1S/C8H16BN3/c1-6(2)8-5-12(11-10-8)9-7(3)4/h5-7,9H,1-4H3. The minimum absolute atomic E-state index is 0.478. The maximum Gasteiger partial charge on any atom is 0.271 e. The third-order valence-electron chi connectivity index (χ3n) is 1.70. The Morgan fingerprint density at radius 3 is 2.42 bits per heavy atom. The maximum absolute atomic E-state index is 4.08. The third kappa shape index (κ3) is 2.36. The minimum Gasteiger partial charge on any atom is -0.302 e. The molecular weight excluding hydrogens is 149 g/mol. The summed E-state index contributed by atoms with van der Waals surface area (Å²) < 4.78 is 1.92. The van der Waals surface area contributed by atoms with Gasteiger partial charge in [0.25, 0.3) is 7.41 Å². The summed E-state index contributed by atoms with van der Waals surface area (Å²) in [4.78, 5) is 0. The van der Waals surface area contributed by atoms with E-state index in [0.717, 1.165) is 13.1 Å². The molecule has 1 rings (SSSR count). The third-order valence-corrected chi connectivity index (χ3v) is 1.70. The summed E-state index contributed by atoms with van der Waals surface area (Å²) in [5.41, 5.74) is 1.08. The highest BCUT2D eigenvalue weighted by molar-refractivity contribution is 6.34. The molecule has 0 aliphatic heterocycles. The van der Waals surface area contributed by atoms with Crippen LogP contribution in [0.3, 0.4) is 0 Å². The van der Waals surface area contributed by atoms with Crippen molar-refractivity contribution in [1.82, 2.24) is 14.9 Å². The van der Waals surface area contributed by atoms with Crippen LogP contribution in [0.2, 0.25) is 5.82 Å². The molecule has 0 atom stereocenters. The Morgan fingerprint density at radius 1 is 1.33 bits per heavy atom. The zero-order chi connectivity index (χ0) is 9.14. The molecule has 1 heterocycles. The van der Waals surface area contributed by atoms with E-state index in [9.17, 15) is 0 Å². The van der Waals surface area contributed by atoms with Crippen molar-refractivity contribution in [2.24, 2.45) is 0 Å². The van der Waals surface area contributed by atoms with E-state index in [1.807, 2.05) is 10.8 Å². The Morgan fingerprint density at radius 2 is 2.00 bits per heavy atom. The van der Waals surface area contributed by atoms with Gasteiger partial charge in [0.1, 0.15) is 0 Å². The number of hydrogen-bond donors (Lipinski definition) is 0. The molecule has 1 aromatic heterocycles. The van der Waals surface area contributed by atoms with E-state index in [1.165, 1.54) is 0 Å². The van der Waals surface area contributed by atoms with E-state index in [0.29, 0.717) is 11.7 Å². The molecule has 0 N–H and O–H groups in total. The summed E-state index contributed by atoms with van der Waals surface area (Å²) in [6, 6.07) is 0. The first kappa shape index (κ1) is 9.29. The highest BCUT2D eigenvalue weighted by Gasteiger charge is 2.06. The number of rotatable bonds is 3. The fraction of sp³-hybridized carbons (Fsp3) is 0.750. The van der Waals surface area contributed by atoms with Crippen LogP contribution in [0, 0.1) is 0 Å². The fourth-order valence-electron chi connectivity index (χ4n) is 1.04. The van der Waals surface area contributed by atoms with Gasteiger partial charge in [-0.15, -0.1) is 5.10 Å². The first-order valence-electron chi connectivity index (χ1n) is 4.49. The van der Waals surface area contributed by atoms with Crippen LogP contribution < -0.4 is 0 Å². The van der Waals surface area contributed by atoms with Gasteiger partial charge in [0.15, 0.2) is 0 Å². The molecule has 4 heteroatoms. The summed E-state index contributed by atoms with van der Waals surface area (Å²) in [5, 5.41) is 8.13. The fourth-order valence-corrected chi connectivity index (χ4v) is 1.04. The molecule has 66 valence electrons. The lowest BCUT2D eigenvalue weighted by Gasteiger charge is -1.99. The monoisotopic (exact) mass is 165 g/mol. The van der Waals surface area contributed by atoms with Crippen molar-refractivity contribution in [3.63, 3.8) is 0 Å². The van der Waals surface area contributed by atoms with Gasteiger partial charge >= 0.3 is 0 Å². The van der Waals surface area contributed by atoms with Crippen molar-refractivity contribution in [3.05, 3.63) is 11.9 Å². The molecule has 0 aromatic carbocycles. The van der Waals surface area contributed by atoms with Crippen LogP contribution in [-0.2, 0) is 0 Å². The Labute approximate surface area is 74.4 Å². The minimum atomic E-state index is 0.478. The van der Waals surface area contributed by atoms with Crippen molar-refractivity contribution in [2.75, 3.05) is 0 Å². The van der Waals surface area contributed by atoms with Gasteiger partial charge in [-0.25, -0.2) is 0 Å². The SMILES string of the molecule is CC(C)Bn1cc(C(C)C)nn1. The lowest BCUT2D eigenvalue weighted by molar-refractivity contribution is 0.792. The normalized spacial score (nSPS) is 11.2. The van der Waals surface area contributed by atoms with Crippen molar-refractivity contribution in [3.8, 4) is 0 Å². The average Bonchev–Trinajstić information content (AvgIpc) is 2.34. The van der Waals surface area contributed by atoms with Crippen molar-refractivity contribution in [1.29, 1.82) is 0 Å². The van der Waals surface area contributed by atoms with E-state index < -0.39 is 0 Å². The number of hydrogen-bond acceptors (Lipinski definition) is 2. The average molecular weight is 165 g/mol. The lowest BCUT2D eigenvalue weighted by atomic mass is 9.79. The van der Waals surface area contributed by atoms with E-state index in [-0.39, 0.29) is 0 Å².